The third-order valence-electron chi connectivity index (χ3n) is 3.19. The first-order valence-electron chi connectivity index (χ1n) is 6.04. The Hall–Kier alpha value is -1.36. The number of nitrogens with one attached hydrogen (secondary N) is 1. The highest BCUT2D eigenvalue weighted by molar-refractivity contribution is 5.76. The van der Waals surface area contributed by atoms with E-state index in [1.807, 2.05) is 13.8 Å². The van der Waals surface area contributed by atoms with E-state index in [1.165, 1.54) is 5.06 Å². The first-order chi connectivity index (χ1) is 8.09. The number of carbonyl (C=O) groups excluding carboxylic acids is 1. The Morgan fingerprint density at radius 3 is 2.88 bits per heavy atom. The number of hydrogen-bond acceptors (Lipinski definition) is 3. The Labute approximate surface area is 101 Å². The number of aryl methyl sites for hydroxylation is 2. The highest BCUT2D eigenvalue weighted by Crippen LogP contribution is 2.25. The van der Waals surface area contributed by atoms with Crippen LogP contribution in [0.25, 0.3) is 0 Å². The van der Waals surface area contributed by atoms with Crippen LogP contribution in [-0.2, 0) is 9.63 Å². The van der Waals surface area contributed by atoms with Gasteiger partial charge in [-0.05, 0) is 31.7 Å². The van der Waals surface area contributed by atoms with E-state index in [0.717, 1.165) is 29.9 Å². The van der Waals surface area contributed by atoms with Crippen molar-refractivity contribution < 1.29 is 9.63 Å². The van der Waals surface area contributed by atoms with Crippen LogP contribution in [-0.4, -0.2) is 34.3 Å². The van der Waals surface area contributed by atoms with E-state index in [1.54, 1.807) is 0 Å². The number of rotatable bonds is 3. The van der Waals surface area contributed by atoms with Gasteiger partial charge < -0.3 is 0 Å². The van der Waals surface area contributed by atoms with Crippen LogP contribution in [0.5, 0.6) is 0 Å². The maximum absolute atomic E-state index is 11.9. The third kappa shape index (κ3) is 2.49. The van der Waals surface area contributed by atoms with Crippen molar-refractivity contribution in [2.24, 2.45) is 0 Å². The number of aromatic amines is 1. The van der Waals surface area contributed by atoms with Gasteiger partial charge in [-0.25, -0.2) is 5.06 Å². The summed E-state index contributed by atoms with van der Waals surface area (Å²) < 4.78 is 0. The lowest BCUT2D eigenvalue weighted by molar-refractivity contribution is -0.169. The summed E-state index contributed by atoms with van der Waals surface area (Å²) in [6, 6.07) is 0. The molecule has 0 spiro atoms. The van der Waals surface area contributed by atoms with Gasteiger partial charge in [0.2, 0.25) is 5.91 Å². The number of H-pyrrole nitrogens is 1. The van der Waals surface area contributed by atoms with Crippen molar-refractivity contribution in [2.75, 3.05) is 13.2 Å². The second kappa shape index (κ2) is 4.87. The molecule has 1 saturated heterocycles. The Morgan fingerprint density at radius 1 is 1.59 bits per heavy atom. The molecule has 0 radical (unpaired) electrons. The molecule has 2 rings (SSSR count). The highest BCUT2D eigenvalue weighted by atomic mass is 16.7. The standard InChI is InChI=1S/C12H19N3O2/c1-8(12-9(2)13-14-10(12)3)7-11(16)15-5-4-6-17-15/h8H,4-7H2,1-3H3,(H,13,14). The molecule has 0 saturated carbocycles. The van der Waals surface area contributed by atoms with Gasteiger partial charge in [-0.15, -0.1) is 0 Å². The Morgan fingerprint density at radius 2 is 2.35 bits per heavy atom. The average molecular weight is 237 g/mol. The van der Waals surface area contributed by atoms with Crippen LogP contribution in [0.3, 0.4) is 0 Å². The molecule has 1 aliphatic rings. The lowest BCUT2D eigenvalue weighted by Crippen LogP contribution is -2.27. The van der Waals surface area contributed by atoms with Gasteiger partial charge in [-0.1, -0.05) is 6.92 Å². The molecule has 0 aromatic carbocycles. The molecule has 2 heterocycles. The molecule has 1 fully saturated rings. The first-order valence-corrected chi connectivity index (χ1v) is 6.04. The monoisotopic (exact) mass is 237 g/mol. The largest absolute Gasteiger partial charge is 0.282 e. The van der Waals surface area contributed by atoms with E-state index in [9.17, 15) is 4.79 Å². The topological polar surface area (TPSA) is 58.2 Å². The zero-order valence-electron chi connectivity index (χ0n) is 10.6. The van der Waals surface area contributed by atoms with Crippen LogP contribution in [0.4, 0.5) is 0 Å². The van der Waals surface area contributed by atoms with Gasteiger partial charge in [-0.2, -0.15) is 5.10 Å². The predicted molar refractivity (Wildman–Crippen MR) is 63.4 cm³/mol. The fourth-order valence-electron chi connectivity index (χ4n) is 2.40. The molecule has 1 aliphatic heterocycles. The van der Waals surface area contributed by atoms with Crippen LogP contribution in [0.1, 0.15) is 42.6 Å². The normalized spacial score (nSPS) is 17.5. The summed E-state index contributed by atoms with van der Waals surface area (Å²) in [4.78, 5) is 17.2. The Bertz CT molecular complexity index is 388. The van der Waals surface area contributed by atoms with E-state index < -0.39 is 0 Å². The molecule has 1 amide bonds. The third-order valence-corrected chi connectivity index (χ3v) is 3.19. The Kier molecular flexibility index (Phi) is 3.47. The molecular weight excluding hydrogens is 218 g/mol. The van der Waals surface area contributed by atoms with Gasteiger partial charge in [-0.3, -0.25) is 14.7 Å². The van der Waals surface area contributed by atoms with Crippen LogP contribution in [0.15, 0.2) is 0 Å². The summed E-state index contributed by atoms with van der Waals surface area (Å²) in [6.07, 6.45) is 1.41. The zero-order valence-corrected chi connectivity index (χ0v) is 10.6. The lowest BCUT2D eigenvalue weighted by Gasteiger charge is -2.17. The van der Waals surface area contributed by atoms with Crippen molar-refractivity contribution >= 4 is 5.91 Å². The predicted octanol–water partition coefficient (Wildman–Crippen LogP) is 1.68. The number of amides is 1. The van der Waals surface area contributed by atoms with Gasteiger partial charge >= 0.3 is 0 Å². The minimum atomic E-state index is 0.0648. The van der Waals surface area contributed by atoms with Gasteiger partial charge in [0, 0.05) is 12.1 Å². The molecule has 1 atom stereocenters. The van der Waals surface area contributed by atoms with Crippen LogP contribution >= 0.6 is 0 Å². The number of aromatic nitrogens is 2. The van der Waals surface area contributed by atoms with Crippen molar-refractivity contribution in [3.8, 4) is 0 Å². The van der Waals surface area contributed by atoms with E-state index in [4.69, 9.17) is 4.84 Å². The summed E-state index contributed by atoms with van der Waals surface area (Å²) in [5, 5.41) is 8.60. The second-order valence-corrected chi connectivity index (χ2v) is 4.64. The van der Waals surface area contributed by atoms with Gasteiger partial charge in [0.1, 0.15) is 0 Å². The number of carbonyl (C=O) groups is 1. The molecule has 5 heteroatoms. The SMILES string of the molecule is Cc1n[nH]c(C)c1C(C)CC(=O)N1CCCO1. The van der Waals surface area contributed by atoms with Crippen molar-refractivity contribution in [1.29, 1.82) is 0 Å². The van der Waals surface area contributed by atoms with Crippen LogP contribution in [0.2, 0.25) is 0 Å². The molecule has 0 bridgehead atoms. The summed E-state index contributed by atoms with van der Waals surface area (Å²) in [6.45, 7) is 7.38. The van der Waals surface area contributed by atoms with Crippen LogP contribution in [0, 0.1) is 13.8 Å². The maximum Gasteiger partial charge on any atom is 0.246 e. The summed E-state index contributed by atoms with van der Waals surface area (Å²) in [5.41, 5.74) is 3.17. The van der Waals surface area contributed by atoms with E-state index in [-0.39, 0.29) is 11.8 Å². The highest BCUT2D eigenvalue weighted by Gasteiger charge is 2.23. The number of nitrogens with zero attached hydrogens (tertiary/aromatic N) is 2. The minimum Gasteiger partial charge on any atom is -0.282 e. The van der Waals surface area contributed by atoms with Crippen LogP contribution < -0.4 is 0 Å². The smallest absolute Gasteiger partial charge is 0.246 e. The second-order valence-electron chi connectivity index (χ2n) is 4.64. The average Bonchev–Trinajstić information content (AvgIpc) is 2.88. The van der Waals surface area contributed by atoms with Crippen molar-refractivity contribution in [2.45, 2.75) is 39.5 Å². The molecule has 1 unspecified atom stereocenters. The fraction of sp³-hybridized carbons (Fsp3) is 0.667. The molecule has 1 aromatic heterocycles. The van der Waals surface area contributed by atoms with E-state index in [0.29, 0.717) is 13.0 Å². The Balaban J connectivity index is 2.01. The fourth-order valence-corrected chi connectivity index (χ4v) is 2.40. The molecule has 17 heavy (non-hydrogen) atoms. The van der Waals surface area contributed by atoms with Gasteiger partial charge in [0.05, 0.1) is 18.8 Å². The minimum absolute atomic E-state index is 0.0648. The molecular formula is C12H19N3O2. The summed E-state index contributed by atoms with van der Waals surface area (Å²) in [5.74, 6) is 0.237. The molecule has 5 nitrogen and oxygen atoms in total. The lowest BCUT2D eigenvalue weighted by atomic mass is 9.95. The summed E-state index contributed by atoms with van der Waals surface area (Å²) >= 11 is 0. The van der Waals surface area contributed by atoms with Crippen molar-refractivity contribution in [1.82, 2.24) is 15.3 Å². The molecule has 1 N–H and O–H groups in total. The quantitative estimate of drug-likeness (QED) is 0.870. The van der Waals surface area contributed by atoms with Gasteiger partial charge in [0.15, 0.2) is 0 Å². The van der Waals surface area contributed by atoms with E-state index in [2.05, 4.69) is 17.1 Å². The zero-order chi connectivity index (χ0) is 12.4. The maximum atomic E-state index is 11.9. The molecule has 0 aliphatic carbocycles. The van der Waals surface area contributed by atoms with E-state index >= 15 is 0 Å². The number of hydrogen-bond donors (Lipinski definition) is 1. The van der Waals surface area contributed by atoms with Crippen molar-refractivity contribution in [3.05, 3.63) is 17.0 Å². The van der Waals surface area contributed by atoms with Crippen molar-refractivity contribution in [3.63, 3.8) is 0 Å². The molecule has 1 aromatic rings. The molecule has 94 valence electrons. The summed E-state index contributed by atoms with van der Waals surface area (Å²) in [7, 11) is 0. The van der Waals surface area contributed by atoms with Gasteiger partial charge in [0.25, 0.3) is 0 Å². The number of hydroxylamine groups is 2. The first kappa shape index (κ1) is 12.1.